The van der Waals surface area contributed by atoms with E-state index in [0.717, 1.165) is 16.5 Å². The molecule has 0 saturated carbocycles. The van der Waals surface area contributed by atoms with Gasteiger partial charge in [-0.05, 0) is 40.9 Å². The molecule has 1 rings (SSSR count). The summed E-state index contributed by atoms with van der Waals surface area (Å²) in [6.07, 6.45) is 0.882. The minimum absolute atomic E-state index is 0.0687. The van der Waals surface area contributed by atoms with Gasteiger partial charge in [-0.15, -0.1) is 0 Å². The third-order valence-corrected chi connectivity index (χ3v) is 3.77. The van der Waals surface area contributed by atoms with Gasteiger partial charge in [0.05, 0.1) is 12.1 Å². The number of benzene rings is 1. The fourth-order valence-electron chi connectivity index (χ4n) is 1.63. The predicted molar refractivity (Wildman–Crippen MR) is 79.1 cm³/mol. The van der Waals surface area contributed by atoms with Crippen LogP contribution < -0.4 is 5.32 Å². The summed E-state index contributed by atoms with van der Waals surface area (Å²) in [5.41, 5.74) is 1.57. The second-order valence-electron chi connectivity index (χ2n) is 4.45. The molecule has 0 aliphatic rings. The summed E-state index contributed by atoms with van der Waals surface area (Å²) in [6.45, 7) is 4.61. The van der Waals surface area contributed by atoms with E-state index in [1.54, 1.807) is 13.1 Å². The molecule has 0 radical (unpaired) electrons. The number of amides is 2. The summed E-state index contributed by atoms with van der Waals surface area (Å²) in [7, 11) is 1.63. The van der Waals surface area contributed by atoms with Gasteiger partial charge in [0, 0.05) is 18.1 Å². The summed E-state index contributed by atoms with van der Waals surface area (Å²) in [4.78, 5) is 25.2. The van der Waals surface area contributed by atoms with Crippen molar-refractivity contribution in [2.24, 2.45) is 0 Å². The van der Waals surface area contributed by atoms with E-state index in [1.165, 1.54) is 4.90 Å². The first-order valence-corrected chi connectivity index (χ1v) is 7.04. The van der Waals surface area contributed by atoms with Crippen LogP contribution in [0.2, 0.25) is 0 Å². The Kier molecular flexibility index (Phi) is 6.02. The Balaban J connectivity index is 2.72. The Morgan fingerprint density at radius 1 is 1.37 bits per heavy atom. The topological polar surface area (TPSA) is 49.4 Å². The van der Waals surface area contributed by atoms with Crippen LogP contribution in [-0.2, 0) is 4.79 Å². The summed E-state index contributed by atoms with van der Waals surface area (Å²) >= 11 is 3.41. The molecule has 4 nitrogen and oxygen atoms in total. The first-order chi connectivity index (χ1) is 8.97. The van der Waals surface area contributed by atoms with Crippen LogP contribution in [0.25, 0.3) is 0 Å². The maximum Gasteiger partial charge on any atom is 0.255 e. The van der Waals surface area contributed by atoms with Crippen molar-refractivity contribution in [3.63, 3.8) is 0 Å². The molecule has 2 amide bonds. The average Bonchev–Trinajstić information content (AvgIpc) is 2.38. The monoisotopic (exact) mass is 326 g/mol. The molecule has 1 N–H and O–H groups in total. The van der Waals surface area contributed by atoms with Gasteiger partial charge in [-0.25, -0.2) is 0 Å². The second-order valence-corrected chi connectivity index (χ2v) is 5.24. The Labute approximate surface area is 122 Å². The molecule has 0 aromatic heterocycles. The molecule has 0 aliphatic heterocycles. The maximum atomic E-state index is 12.2. The first-order valence-electron chi connectivity index (χ1n) is 6.24. The third kappa shape index (κ3) is 4.35. The van der Waals surface area contributed by atoms with E-state index in [4.69, 9.17) is 0 Å². The van der Waals surface area contributed by atoms with E-state index in [-0.39, 0.29) is 18.4 Å². The molecule has 104 valence electrons. The van der Waals surface area contributed by atoms with Crippen molar-refractivity contribution in [3.8, 4) is 0 Å². The standard InChI is InChI=1S/C14H19BrN2O2/c1-4-8-16-12(18)9-17(3)14(19)11-7-5-6-10(2)13(11)15/h5-7H,4,8-9H2,1-3H3,(H,16,18). The van der Waals surface area contributed by atoms with Gasteiger partial charge in [-0.2, -0.15) is 0 Å². The van der Waals surface area contributed by atoms with Crippen LogP contribution in [0.1, 0.15) is 29.3 Å². The molecule has 1 aromatic carbocycles. The number of likely N-dealkylation sites (N-methyl/N-ethyl adjacent to an activating group) is 1. The van der Waals surface area contributed by atoms with Crippen molar-refractivity contribution in [3.05, 3.63) is 33.8 Å². The highest BCUT2D eigenvalue weighted by Crippen LogP contribution is 2.22. The number of nitrogens with one attached hydrogen (secondary N) is 1. The Bertz CT molecular complexity index is 475. The van der Waals surface area contributed by atoms with Crippen LogP contribution in [0.15, 0.2) is 22.7 Å². The van der Waals surface area contributed by atoms with E-state index in [0.29, 0.717) is 12.1 Å². The Hall–Kier alpha value is -1.36. The van der Waals surface area contributed by atoms with Crippen LogP contribution in [0, 0.1) is 6.92 Å². The SMILES string of the molecule is CCCNC(=O)CN(C)C(=O)c1cccc(C)c1Br. The fraction of sp³-hybridized carbons (Fsp3) is 0.429. The normalized spacial score (nSPS) is 10.1. The van der Waals surface area contributed by atoms with Gasteiger partial charge in [-0.3, -0.25) is 9.59 Å². The van der Waals surface area contributed by atoms with E-state index in [9.17, 15) is 9.59 Å². The van der Waals surface area contributed by atoms with Gasteiger partial charge in [0.15, 0.2) is 0 Å². The highest BCUT2D eigenvalue weighted by molar-refractivity contribution is 9.10. The van der Waals surface area contributed by atoms with Crippen molar-refractivity contribution in [1.82, 2.24) is 10.2 Å². The molecule has 0 atom stereocenters. The minimum Gasteiger partial charge on any atom is -0.355 e. The van der Waals surface area contributed by atoms with E-state index in [1.807, 2.05) is 26.0 Å². The number of halogens is 1. The molecule has 0 unspecified atom stereocenters. The summed E-state index contributed by atoms with van der Waals surface area (Å²) in [5, 5.41) is 2.75. The zero-order valence-electron chi connectivity index (χ0n) is 11.5. The van der Waals surface area contributed by atoms with Crippen molar-refractivity contribution in [2.75, 3.05) is 20.1 Å². The van der Waals surface area contributed by atoms with Crippen molar-refractivity contribution >= 4 is 27.7 Å². The summed E-state index contributed by atoms with van der Waals surface area (Å²) < 4.78 is 0.779. The smallest absolute Gasteiger partial charge is 0.255 e. The number of hydrogen-bond acceptors (Lipinski definition) is 2. The maximum absolute atomic E-state index is 12.2. The lowest BCUT2D eigenvalue weighted by molar-refractivity contribution is -0.121. The fourth-order valence-corrected chi connectivity index (χ4v) is 2.06. The van der Waals surface area contributed by atoms with E-state index < -0.39 is 0 Å². The molecule has 19 heavy (non-hydrogen) atoms. The van der Waals surface area contributed by atoms with Gasteiger partial charge >= 0.3 is 0 Å². The van der Waals surface area contributed by atoms with Gasteiger partial charge in [0.2, 0.25) is 5.91 Å². The second kappa shape index (κ2) is 7.28. The summed E-state index contributed by atoms with van der Waals surface area (Å²) in [5.74, 6) is -0.302. The Morgan fingerprint density at radius 3 is 2.68 bits per heavy atom. The van der Waals surface area contributed by atoms with E-state index >= 15 is 0 Å². The largest absolute Gasteiger partial charge is 0.355 e. The molecule has 5 heteroatoms. The lowest BCUT2D eigenvalue weighted by Crippen LogP contribution is -2.38. The highest BCUT2D eigenvalue weighted by Gasteiger charge is 2.17. The molecule has 0 spiro atoms. The number of nitrogens with zero attached hydrogens (tertiary/aromatic N) is 1. The minimum atomic E-state index is -0.165. The van der Waals surface area contributed by atoms with Crippen LogP contribution in [0.4, 0.5) is 0 Å². The average molecular weight is 327 g/mol. The molecular weight excluding hydrogens is 308 g/mol. The van der Waals surface area contributed by atoms with Gasteiger partial charge < -0.3 is 10.2 Å². The molecular formula is C14H19BrN2O2. The first kappa shape index (κ1) is 15.7. The number of carbonyl (C=O) groups excluding carboxylic acids is 2. The predicted octanol–water partition coefficient (Wildman–Crippen LogP) is 2.36. The van der Waals surface area contributed by atoms with Crippen molar-refractivity contribution < 1.29 is 9.59 Å². The number of rotatable bonds is 5. The highest BCUT2D eigenvalue weighted by atomic mass is 79.9. The molecule has 0 heterocycles. The molecule has 0 saturated heterocycles. The van der Waals surface area contributed by atoms with E-state index in [2.05, 4.69) is 21.2 Å². The van der Waals surface area contributed by atoms with Crippen LogP contribution in [-0.4, -0.2) is 36.9 Å². The van der Waals surface area contributed by atoms with Gasteiger partial charge in [0.25, 0.3) is 5.91 Å². The quantitative estimate of drug-likeness (QED) is 0.903. The molecule has 0 aliphatic carbocycles. The Morgan fingerprint density at radius 2 is 2.05 bits per heavy atom. The lowest BCUT2D eigenvalue weighted by atomic mass is 10.1. The number of carbonyl (C=O) groups is 2. The van der Waals surface area contributed by atoms with Crippen molar-refractivity contribution in [2.45, 2.75) is 20.3 Å². The molecule has 0 fully saturated rings. The van der Waals surface area contributed by atoms with Crippen LogP contribution in [0.3, 0.4) is 0 Å². The zero-order valence-corrected chi connectivity index (χ0v) is 13.1. The molecule has 0 bridgehead atoms. The zero-order chi connectivity index (χ0) is 14.4. The van der Waals surface area contributed by atoms with Crippen molar-refractivity contribution in [1.29, 1.82) is 0 Å². The lowest BCUT2D eigenvalue weighted by Gasteiger charge is -2.18. The van der Waals surface area contributed by atoms with Gasteiger partial charge in [0.1, 0.15) is 0 Å². The number of hydrogen-bond donors (Lipinski definition) is 1. The van der Waals surface area contributed by atoms with Crippen LogP contribution >= 0.6 is 15.9 Å². The van der Waals surface area contributed by atoms with Crippen LogP contribution in [0.5, 0.6) is 0 Å². The van der Waals surface area contributed by atoms with Gasteiger partial charge in [-0.1, -0.05) is 19.1 Å². The molecule has 1 aromatic rings. The third-order valence-electron chi connectivity index (χ3n) is 2.72. The summed E-state index contributed by atoms with van der Waals surface area (Å²) in [6, 6.07) is 5.51. The number of aryl methyl sites for hydroxylation is 1.